The summed E-state index contributed by atoms with van der Waals surface area (Å²) in [5.74, 6) is -0.121. The van der Waals surface area contributed by atoms with Crippen LogP contribution in [0, 0.1) is 13.8 Å². The Morgan fingerprint density at radius 3 is 2.65 bits per heavy atom. The molecule has 1 aromatic carbocycles. The molecule has 3 nitrogen and oxygen atoms in total. The van der Waals surface area contributed by atoms with E-state index in [1.165, 1.54) is 11.3 Å². The molecule has 0 aliphatic carbocycles. The lowest BCUT2D eigenvalue weighted by atomic mass is 10.1. The molecule has 2 aromatic rings. The van der Waals surface area contributed by atoms with Crippen LogP contribution in [0.3, 0.4) is 0 Å². The smallest absolute Gasteiger partial charge is 0.257 e. The molecule has 0 aliphatic rings. The van der Waals surface area contributed by atoms with Crippen molar-refractivity contribution < 1.29 is 4.79 Å². The van der Waals surface area contributed by atoms with Gasteiger partial charge in [0.05, 0.1) is 0 Å². The van der Waals surface area contributed by atoms with Crippen LogP contribution < -0.4 is 5.32 Å². The topological polar surface area (TPSA) is 42.0 Å². The van der Waals surface area contributed by atoms with Crippen molar-refractivity contribution >= 4 is 38.3 Å². The zero-order valence-corrected chi connectivity index (χ0v) is 11.9. The highest BCUT2D eigenvalue weighted by atomic mass is 79.9. The molecular formula is C12H11BrN2OS. The molecule has 0 saturated heterocycles. The first kappa shape index (κ1) is 12.3. The van der Waals surface area contributed by atoms with Crippen molar-refractivity contribution in [3.8, 4) is 0 Å². The third kappa shape index (κ3) is 2.73. The van der Waals surface area contributed by atoms with E-state index in [0.717, 1.165) is 15.0 Å². The molecule has 0 bridgehead atoms. The average Bonchev–Trinajstić information content (AvgIpc) is 2.58. The molecule has 5 heteroatoms. The molecule has 0 fully saturated rings. The van der Waals surface area contributed by atoms with Crippen LogP contribution in [0.5, 0.6) is 0 Å². The molecule has 2 rings (SSSR count). The van der Waals surface area contributed by atoms with E-state index in [1.54, 1.807) is 6.07 Å². The van der Waals surface area contributed by atoms with Gasteiger partial charge in [-0.3, -0.25) is 10.1 Å². The summed E-state index contributed by atoms with van der Waals surface area (Å²) in [4.78, 5) is 17.3. The van der Waals surface area contributed by atoms with Crippen molar-refractivity contribution in [1.82, 2.24) is 4.98 Å². The average molecular weight is 311 g/mol. The Bertz CT molecular complexity index is 546. The molecule has 0 atom stereocenters. The van der Waals surface area contributed by atoms with Gasteiger partial charge in [0.2, 0.25) is 0 Å². The van der Waals surface area contributed by atoms with Crippen LogP contribution in [0.15, 0.2) is 28.9 Å². The van der Waals surface area contributed by atoms with Crippen molar-refractivity contribution in [2.75, 3.05) is 5.32 Å². The number of carbonyl (C=O) groups is 1. The number of carbonyl (C=O) groups excluding carboxylic acids is 1. The first-order valence-electron chi connectivity index (χ1n) is 5.08. The van der Waals surface area contributed by atoms with Gasteiger partial charge < -0.3 is 0 Å². The summed E-state index contributed by atoms with van der Waals surface area (Å²) in [6, 6.07) is 7.49. The van der Waals surface area contributed by atoms with Crippen LogP contribution >= 0.6 is 27.3 Å². The standard InChI is InChI=1S/C12H11BrN2OS/c1-7-5-3-4-6-9(7)11(16)15-12-14-10(13)8(2)17-12/h3-6H,1-2H3,(H,14,15,16). The molecule has 0 spiro atoms. The number of thiazole rings is 1. The van der Waals surface area contributed by atoms with Gasteiger partial charge in [-0.1, -0.05) is 18.2 Å². The van der Waals surface area contributed by atoms with E-state index in [9.17, 15) is 4.79 Å². The summed E-state index contributed by atoms with van der Waals surface area (Å²) in [6.45, 7) is 3.86. The lowest BCUT2D eigenvalue weighted by Gasteiger charge is -2.04. The Kier molecular flexibility index (Phi) is 3.59. The summed E-state index contributed by atoms with van der Waals surface area (Å²) in [6.07, 6.45) is 0. The third-order valence-corrected chi connectivity index (χ3v) is 4.27. The Morgan fingerprint density at radius 2 is 2.06 bits per heavy atom. The van der Waals surface area contributed by atoms with Crippen molar-refractivity contribution in [3.05, 3.63) is 44.9 Å². The normalized spacial score (nSPS) is 10.3. The first-order chi connectivity index (χ1) is 8.08. The van der Waals surface area contributed by atoms with Gasteiger partial charge in [0, 0.05) is 10.4 Å². The number of benzene rings is 1. The van der Waals surface area contributed by atoms with Crippen LogP contribution in [0.25, 0.3) is 0 Å². The predicted molar refractivity (Wildman–Crippen MR) is 73.7 cm³/mol. The number of aromatic nitrogens is 1. The van der Waals surface area contributed by atoms with E-state index in [2.05, 4.69) is 26.2 Å². The van der Waals surface area contributed by atoms with Gasteiger partial charge in [-0.15, -0.1) is 11.3 Å². The first-order valence-corrected chi connectivity index (χ1v) is 6.69. The van der Waals surface area contributed by atoms with E-state index < -0.39 is 0 Å². The second-order valence-corrected chi connectivity index (χ2v) is 5.59. The maximum absolute atomic E-state index is 12.0. The number of nitrogens with zero attached hydrogens (tertiary/aromatic N) is 1. The zero-order chi connectivity index (χ0) is 12.4. The predicted octanol–water partition coefficient (Wildman–Crippen LogP) is 3.77. The van der Waals surface area contributed by atoms with Crippen LogP contribution in [0.1, 0.15) is 20.8 Å². The van der Waals surface area contributed by atoms with Gasteiger partial charge in [-0.2, -0.15) is 0 Å². The number of rotatable bonds is 2. The number of halogens is 1. The number of hydrogen-bond donors (Lipinski definition) is 1. The highest BCUT2D eigenvalue weighted by Crippen LogP contribution is 2.26. The van der Waals surface area contributed by atoms with Gasteiger partial charge in [-0.25, -0.2) is 4.98 Å². The fourth-order valence-electron chi connectivity index (χ4n) is 1.42. The van der Waals surface area contributed by atoms with E-state index in [-0.39, 0.29) is 5.91 Å². The van der Waals surface area contributed by atoms with Crippen LogP contribution in [-0.4, -0.2) is 10.9 Å². The molecular weight excluding hydrogens is 300 g/mol. The molecule has 1 aromatic heterocycles. The molecule has 0 radical (unpaired) electrons. The van der Waals surface area contributed by atoms with Crippen LogP contribution in [0.4, 0.5) is 5.13 Å². The second-order valence-electron chi connectivity index (χ2n) is 3.64. The number of amides is 1. The third-order valence-electron chi connectivity index (χ3n) is 2.35. The summed E-state index contributed by atoms with van der Waals surface area (Å²) in [5.41, 5.74) is 1.63. The number of nitrogens with one attached hydrogen (secondary N) is 1. The molecule has 1 heterocycles. The fraction of sp³-hybridized carbons (Fsp3) is 0.167. The lowest BCUT2D eigenvalue weighted by molar-refractivity contribution is 0.102. The van der Waals surface area contributed by atoms with E-state index in [4.69, 9.17) is 0 Å². The summed E-state index contributed by atoms with van der Waals surface area (Å²) < 4.78 is 0.780. The molecule has 1 N–H and O–H groups in total. The fourth-order valence-corrected chi connectivity index (χ4v) is 2.66. The summed E-state index contributed by atoms with van der Waals surface area (Å²) in [7, 11) is 0. The summed E-state index contributed by atoms with van der Waals surface area (Å²) in [5, 5.41) is 3.41. The van der Waals surface area contributed by atoms with Crippen molar-refractivity contribution in [2.24, 2.45) is 0 Å². The largest absolute Gasteiger partial charge is 0.298 e. The SMILES string of the molecule is Cc1ccccc1C(=O)Nc1nc(Br)c(C)s1. The summed E-state index contributed by atoms with van der Waals surface area (Å²) >= 11 is 4.78. The monoisotopic (exact) mass is 310 g/mol. The van der Waals surface area contributed by atoms with Gasteiger partial charge in [0.1, 0.15) is 4.60 Å². The van der Waals surface area contributed by atoms with Crippen LogP contribution in [0.2, 0.25) is 0 Å². The Labute approximate surface area is 112 Å². The molecule has 17 heavy (non-hydrogen) atoms. The van der Waals surface area contributed by atoms with Gasteiger partial charge >= 0.3 is 0 Å². The lowest BCUT2D eigenvalue weighted by Crippen LogP contribution is -2.12. The molecule has 0 aliphatic heterocycles. The van der Waals surface area contributed by atoms with Gasteiger partial charge in [-0.05, 0) is 41.4 Å². The minimum absolute atomic E-state index is 0.121. The zero-order valence-electron chi connectivity index (χ0n) is 9.45. The van der Waals surface area contributed by atoms with Crippen LogP contribution in [-0.2, 0) is 0 Å². The Morgan fingerprint density at radius 1 is 1.35 bits per heavy atom. The Hall–Kier alpha value is -1.20. The van der Waals surface area contributed by atoms with Crippen molar-refractivity contribution in [2.45, 2.75) is 13.8 Å². The molecule has 0 saturated carbocycles. The molecule has 0 unspecified atom stereocenters. The quantitative estimate of drug-likeness (QED) is 0.917. The number of anilines is 1. The second kappa shape index (κ2) is 4.98. The van der Waals surface area contributed by atoms with E-state index in [0.29, 0.717) is 10.7 Å². The Balaban J connectivity index is 2.20. The number of hydrogen-bond acceptors (Lipinski definition) is 3. The highest BCUT2D eigenvalue weighted by molar-refractivity contribution is 9.10. The highest BCUT2D eigenvalue weighted by Gasteiger charge is 2.11. The van der Waals surface area contributed by atoms with Gasteiger partial charge in [0.25, 0.3) is 5.91 Å². The molecule has 1 amide bonds. The minimum atomic E-state index is -0.121. The maximum atomic E-state index is 12.0. The van der Waals surface area contributed by atoms with Gasteiger partial charge in [0.15, 0.2) is 5.13 Å². The number of aryl methyl sites for hydroxylation is 2. The van der Waals surface area contributed by atoms with E-state index >= 15 is 0 Å². The van der Waals surface area contributed by atoms with E-state index in [1.807, 2.05) is 32.0 Å². The minimum Gasteiger partial charge on any atom is -0.298 e. The van der Waals surface area contributed by atoms with Crippen molar-refractivity contribution in [1.29, 1.82) is 0 Å². The van der Waals surface area contributed by atoms with Crippen molar-refractivity contribution in [3.63, 3.8) is 0 Å². The maximum Gasteiger partial charge on any atom is 0.257 e. The molecule has 88 valence electrons.